The summed E-state index contributed by atoms with van der Waals surface area (Å²) >= 11 is 0. The van der Waals surface area contributed by atoms with Gasteiger partial charge in [-0.3, -0.25) is 0 Å². The van der Waals surface area contributed by atoms with Crippen LogP contribution in [0.4, 0.5) is 0 Å². The number of aromatic nitrogens is 1. The Bertz CT molecular complexity index is 809. The first-order chi connectivity index (χ1) is 11.5. The van der Waals surface area contributed by atoms with E-state index in [9.17, 15) is 8.42 Å². The van der Waals surface area contributed by atoms with Gasteiger partial charge < -0.3 is 14.6 Å². The normalized spacial score (nSPS) is 18.6. The van der Waals surface area contributed by atoms with Crippen LogP contribution in [0.5, 0.6) is 5.75 Å². The highest BCUT2D eigenvalue weighted by Gasteiger charge is 2.35. The van der Waals surface area contributed by atoms with Gasteiger partial charge in [-0.15, -0.1) is 12.4 Å². The van der Waals surface area contributed by atoms with E-state index in [-0.39, 0.29) is 24.2 Å². The van der Waals surface area contributed by atoms with Crippen molar-refractivity contribution in [3.63, 3.8) is 0 Å². The fourth-order valence-electron chi connectivity index (χ4n) is 2.97. The van der Waals surface area contributed by atoms with Crippen LogP contribution in [0.25, 0.3) is 0 Å². The van der Waals surface area contributed by atoms with Crippen LogP contribution in [-0.4, -0.2) is 44.6 Å². The van der Waals surface area contributed by atoms with E-state index < -0.39 is 10.0 Å². The summed E-state index contributed by atoms with van der Waals surface area (Å²) in [5.74, 6) is 0.839. The van der Waals surface area contributed by atoms with E-state index in [1.165, 1.54) is 4.31 Å². The van der Waals surface area contributed by atoms with Gasteiger partial charge in [0.05, 0.1) is 18.8 Å². The number of hydrogen-bond acceptors (Lipinski definition) is 6. The Morgan fingerprint density at radius 3 is 2.84 bits per heavy atom. The quantitative estimate of drug-likeness (QED) is 0.843. The second-order valence-electron chi connectivity index (χ2n) is 5.76. The summed E-state index contributed by atoms with van der Waals surface area (Å²) in [5.41, 5.74) is 1.52. The first-order valence-corrected chi connectivity index (χ1v) is 9.37. The molecule has 2 heterocycles. The van der Waals surface area contributed by atoms with E-state index in [0.29, 0.717) is 36.8 Å². The third-order valence-corrected chi connectivity index (χ3v) is 5.85. The average Bonchev–Trinajstić information content (AvgIpc) is 2.99. The Morgan fingerprint density at radius 2 is 2.16 bits per heavy atom. The second kappa shape index (κ2) is 8.18. The average molecular weight is 388 g/mol. The maximum Gasteiger partial charge on any atom is 0.222 e. The molecule has 0 amide bonds. The standard InChI is InChI=1S/C16H21N3O4S.ClH/c1-12-9-13(23-18-12)11-24(20,21)19-8-7-17-10-15(19)14-5-3-4-6-16(14)22-2;/h3-6,9,15,17H,7-8,10-11H2,1-2H3;1H. The topological polar surface area (TPSA) is 84.7 Å². The molecule has 0 radical (unpaired) electrons. The SMILES string of the molecule is COc1ccccc1C1CNCCN1S(=O)(=O)Cc1cc(C)no1.Cl. The van der Waals surface area contributed by atoms with Crippen molar-refractivity contribution in [1.29, 1.82) is 0 Å². The number of halogens is 1. The summed E-state index contributed by atoms with van der Waals surface area (Å²) in [6.07, 6.45) is 0. The summed E-state index contributed by atoms with van der Waals surface area (Å²) in [6.45, 7) is 3.32. The summed E-state index contributed by atoms with van der Waals surface area (Å²) in [5, 5.41) is 7.02. The van der Waals surface area contributed by atoms with Crippen LogP contribution in [0.1, 0.15) is 23.1 Å². The van der Waals surface area contributed by atoms with Gasteiger partial charge in [-0.25, -0.2) is 8.42 Å². The Hall–Kier alpha value is -1.61. The van der Waals surface area contributed by atoms with Gasteiger partial charge >= 0.3 is 0 Å². The number of nitrogens with zero attached hydrogens (tertiary/aromatic N) is 2. The first kappa shape index (κ1) is 19.7. The molecule has 1 aliphatic heterocycles. The van der Waals surface area contributed by atoms with Gasteiger partial charge in [-0.2, -0.15) is 4.31 Å². The van der Waals surface area contributed by atoms with Crippen LogP contribution in [0.2, 0.25) is 0 Å². The molecule has 1 aromatic heterocycles. The summed E-state index contributed by atoms with van der Waals surface area (Å²) < 4.78 is 37.8. The van der Waals surface area contributed by atoms with Crippen molar-refractivity contribution in [1.82, 2.24) is 14.8 Å². The minimum atomic E-state index is -3.54. The number of piperazine rings is 1. The lowest BCUT2D eigenvalue weighted by Gasteiger charge is -2.35. The van der Waals surface area contributed by atoms with Gasteiger partial charge in [-0.1, -0.05) is 23.4 Å². The van der Waals surface area contributed by atoms with Crippen LogP contribution in [0.3, 0.4) is 0 Å². The Kier molecular flexibility index (Phi) is 6.45. The summed E-state index contributed by atoms with van der Waals surface area (Å²) in [4.78, 5) is 0. The van der Waals surface area contributed by atoms with Gasteiger partial charge in [0.1, 0.15) is 11.5 Å². The molecule has 0 spiro atoms. The fraction of sp³-hybridized carbons (Fsp3) is 0.438. The number of hydrogen-bond donors (Lipinski definition) is 1. The Labute approximate surface area is 153 Å². The molecule has 0 aliphatic carbocycles. The van der Waals surface area contributed by atoms with Crippen molar-refractivity contribution in [2.75, 3.05) is 26.7 Å². The van der Waals surface area contributed by atoms with Crippen LogP contribution < -0.4 is 10.1 Å². The van der Waals surface area contributed by atoms with E-state index in [4.69, 9.17) is 9.26 Å². The molecule has 0 saturated carbocycles. The van der Waals surface area contributed by atoms with E-state index in [1.54, 1.807) is 20.1 Å². The highest BCUT2D eigenvalue weighted by molar-refractivity contribution is 7.88. The van der Waals surface area contributed by atoms with Crippen LogP contribution in [0, 0.1) is 6.92 Å². The van der Waals surface area contributed by atoms with E-state index in [0.717, 1.165) is 5.56 Å². The monoisotopic (exact) mass is 387 g/mol. The second-order valence-corrected chi connectivity index (χ2v) is 7.68. The molecule has 1 saturated heterocycles. The molecular weight excluding hydrogens is 366 g/mol. The lowest BCUT2D eigenvalue weighted by molar-refractivity contribution is 0.263. The molecule has 1 N–H and O–H groups in total. The molecule has 0 bridgehead atoms. The summed E-state index contributed by atoms with van der Waals surface area (Å²) in [7, 11) is -1.95. The zero-order valence-corrected chi connectivity index (χ0v) is 15.8. The van der Waals surface area contributed by atoms with Gasteiger partial charge in [-0.05, 0) is 13.0 Å². The fourth-order valence-corrected chi connectivity index (χ4v) is 4.58. The Balaban J connectivity index is 0.00000225. The molecule has 1 aliphatic rings. The molecule has 3 rings (SSSR count). The number of aryl methyl sites for hydroxylation is 1. The molecule has 1 atom stereocenters. The molecule has 7 nitrogen and oxygen atoms in total. The predicted octanol–water partition coefficient (Wildman–Crippen LogP) is 1.89. The highest BCUT2D eigenvalue weighted by Crippen LogP contribution is 2.32. The maximum absolute atomic E-state index is 12.9. The number of rotatable bonds is 5. The number of para-hydroxylation sites is 1. The zero-order chi connectivity index (χ0) is 17.2. The van der Waals surface area contributed by atoms with Crippen molar-refractivity contribution >= 4 is 22.4 Å². The van der Waals surface area contributed by atoms with Crippen LogP contribution in [0.15, 0.2) is 34.9 Å². The molecule has 1 aromatic carbocycles. The summed E-state index contributed by atoms with van der Waals surface area (Å²) in [6, 6.07) is 8.83. The third kappa shape index (κ3) is 4.33. The smallest absolute Gasteiger partial charge is 0.222 e. The van der Waals surface area contributed by atoms with Crippen molar-refractivity contribution in [3.05, 3.63) is 47.3 Å². The number of sulfonamides is 1. The minimum Gasteiger partial charge on any atom is -0.496 e. The van der Waals surface area contributed by atoms with E-state index in [1.807, 2.05) is 24.3 Å². The van der Waals surface area contributed by atoms with E-state index in [2.05, 4.69) is 10.5 Å². The van der Waals surface area contributed by atoms with Crippen LogP contribution >= 0.6 is 12.4 Å². The zero-order valence-electron chi connectivity index (χ0n) is 14.1. The lowest BCUT2D eigenvalue weighted by atomic mass is 10.0. The molecule has 138 valence electrons. The molecule has 25 heavy (non-hydrogen) atoms. The number of ether oxygens (including phenoxy) is 1. The number of benzene rings is 1. The van der Waals surface area contributed by atoms with Crippen molar-refractivity contribution in [2.24, 2.45) is 0 Å². The van der Waals surface area contributed by atoms with Gasteiger partial charge in [0.15, 0.2) is 5.76 Å². The highest BCUT2D eigenvalue weighted by atomic mass is 35.5. The number of nitrogens with one attached hydrogen (secondary N) is 1. The van der Waals surface area contributed by atoms with Crippen molar-refractivity contribution in [2.45, 2.75) is 18.7 Å². The van der Waals surface area contributed by atoms with Gasteiger partial charge in [0.2, 0.25) is 10.0 Å². The maximum atomic E-state index is 12.9. The molecule has 1 fully saturated rings. The molecular formula is C16H22ClN3O4S. The predicted molar refractivity (Wildman–Crippen MR) is 96.4 cm³/mol. The molecule has 9 heteroatoms. The Morgan fingerprint density at radius 1 is 1.40 bits per heavy atom. The van der Waals surface area contributed by atoms with Crippen molar-refractivity contribution in [3.8, 4) is 5.75 Å². The number of methoxy groups -OCH3 is 1. The lowest BCUT2D eigenvalue weighted by Crippen LogP contribution is -2.49. The molecule has 2 aromatic rings. The molecule has 1 unspecified atom stereocenters. The van der Waals surface area contributed by atoms with Crippen LogP contribution in [-0.2, 0) is 15.8 Å². The van der Waals surface area contributed by atoms with E-state index >= 15 is 0 Å². The third-order valence-electron chi connectivity index (χ3n) is 4.05. The van der Waals surface area contributed by atoms with Gasteiger partial charge in [0.25, 0.3) is 0 Å². The first-order valence-electron chi connectivity index (χ1n) is 7.76. The minimum absolute atomic E-state index is 0. The van der Waals surface area contributed by atoms with Crippen molar-refractivity contribution < 1.29 is 17.7 Å². The largest absolute Gasteiger partial charge is 0.496 e. The van der Waals surface area contributed by atoms with Gasteiger partial charge in [0, 0.05) is 31.3 Å².